The molecule has 166 valence electrons. The minimum Gasteiger partial charge on any atom is -0.480 e. The van der Waals surface area contributed by atoms with Gasteiger partial charge in [0.2, 0.25) is 5.91 Å². The number of carbonyl (C=O) groups is 3. The van der Waals surface area contributed by atoms with Crippen molar-refractivity contribution in [3.8, 4) is 11.1 Å². The van der Waals surface area contributed by atoms with E-state index in [-0.39, 0.29) is 25.7 Å². The van der Waals surface area contributed by atoms with Crippen molar-refractivity contribution in [1.29, 1.82) is 0 Å². The van der Waals surface area contributed by atoms with Gasteiger partial charge in [-0.25, -0.2) is 9.59 Å². The molecule has 2 fully saturated rings. The first-order valence-corrected chi connectivity index (χ1v) is 10.7. The van der Waals surface area contributed by atoms with Crippen molar-refractivity contribution in [2.24, 2.45) is 5.92 Å². The number of fused-ring (bicyclic) bond motifs is 3. The van der Waals surface area contributed by atoms with Crippen LogP contribution >= 0.6 is 0 Å². The van der Waals surface area contributed by atoms with Crippen LogP contribution in [0.1, 0.15) is 29.9 Å². The molecule has 32 heavy (non-hydrogen) atoms. The summed E-state index contributed by atoms with van der Waals surface area (Å²) in [5, 5.41) is 14.6. The van der Waals surface area contributed by atoms with Crippen LogP contribution in [-0.2, 0) is 19.1 Å². The van der Waals surface area contributed by atoms with Crippen LogP contribution in [0.2, 0.25) is 0 Å². The highest BCUT2D eigenvalue weighted by molar-refractivity contribution is 5.91. The Bertz CT molecular complexity index is 1030. The molecule has 1 saturated heterocycles. The van der Waals surface area contributed by atoms with Gasteiger partial charge in [0, 0.05) is 5.92 Å². The Hall–Kier alpha value is -3.39. The van der Waals surface area contributed by atoms with Crippen LogP contribution in [-0.4, -0.2) is 54.5 Å². The average Bonchev–Trinajstić information content (AvgIpc) is 3.31. The highest BCUT2D eigenvalue weighted by Gasteiger charge is 2.53. The molecule has 3 N–H and O–H groups in total. The van der Waals surface area contributed by atoms with Crippen LogP contribution in [0.15, 0.2) is 48.5 Å². The molecule has 5 rings (SSSR count). The Kier molecular flexibility index (Phi) is 5.09. The topological polar surface area (TPSA) is 114 Å². The molecule has 2 amide bonds. The maximum absolute atomic E-state index is 12.6. The molecule has 0 spiro atoms. The highest BCUT2D eigenvalue weighted by Crippen LogP contribution is 2.44. The lowest BCUT2D eigenvalue weighted by Gasteiger charge is -2.21. The van der Waals surface area contributed by atoms with Gasteiger partial charge in [0.1, 0.15) is 12.1 Å². The molecule has 0 radical (unpaired) electrons. The number of ether oxygens (including phenoxy) is 2. The molecule has 2 aromatic carbocycles. The van der Waals surface area contributed by atoms with E-state index >= 15 is 0 Å². The van der Waals surface area contributed by atoms with Gasteiger partial charge in [0.05, 0.1) is 25.2 Å². The Morgan fingerprint density at radius 1 is 1.00 bits per heavy atom. The van der Waals surface area contributed by atoms with Crippen molar-refractivity contribution < 1.29 is 29.0 Å². The fraction of sp³-hybridized carbons (Fsp3) is 0.375. The number of carboxylic acids is 1. The normalized spacial score (nSPS) is 22.5. The fourth-order valence-corrected chi connectivity index (χ4v) is 4.59. The monoisotopic (exact) mass is 436 g/mol. The number of benzene rings is 2. The summed E-state index contributed by atoms with van der Waals surface area (Å²) in [6.45, 7) is 0.463. The van der Waals surface area contributed by atoms with Gasteiger partial charge in [-0.3, -0.25) is 4.79 Å². The molecule has 0 aromatic heterocycles. The summed E-state index contributed by atoms with van der Waals surface area (Å²) in [5.74, 6) is -2.18. The minimum atomic E-state index is -1.17. The second kappa shape index (κ2) is 7.94. The van der Waals surface area contributed by atoms with Crippen LogP contribution in [0.3, 0.4) is 0 Å². The second-order valence-electron chi connectivity index (χ2n) is 8.60. The van der Waals surface area contributed by atoms with Gasteiger partial charge in [0.25, 0.3) is 0 Å². The van der Waals surface area contributed by atoms with Crippen molar-refractivity contribution in [2.75, 3.05) is 19.8 Å². The molecule has 8 heteroatoms. The molecule has 3 aliphatic rings. The number of aliphatic carboxylic acids is 1. The van der Waals surface area contributed by atoms with Gasteiger partial charge in [-0.1, -0.05) is 48.5 Å². The van der Waals surface area contributed by atoms with Crippen LogP contribution in [0.25, 0.3) is 11.1 Å². The lowest BCUT2D eigenvalue weighted by Crippen LogP contribution is -2.51. The fourth-order valence-electron chi connectivity index (χ4n) is 4.59. The second-order valence-corrected chi connectivity index (χ2v) is 8.60. The van der Waals surface area contributed by atoms with Gasteiger partial charge in [-0.05, 0) is 35.1 Å². The lowest BCUT2D eigenvalue weighted by molar-refractivity contribution is -0.143. The zero-order chi connectivity index (χ0) is 22.3. The molecule has 1 saturated carbocycles. The molecule has 1 aliphatic heterocycles. The number of alkyl carbamates (subject to hydrolysis) is 1. The van der Waals surface area contributed by atoms with E-state index in [4.69, 9.17) is 9.47 Å². The average molecular weight is 436 g/mol. The molecule has 2 aliphatic carbocycles. The summed E-state index contributed by atoms with van der Waals surface area (Å²) >= 11 is 0. The predicted molar refractivity (Wildman–Crippen MR) is 114 cm³/mol. The summed E-state index contributed by atoms with van der Waals surface area (Å²) in [6.07, 6.45) is 0.192. The standard InChI is InChI=1S/C24H24N2O6/c27-21(26-24(9-10-24)22(28)29)19-11-31-13-20(19)25-23(30)32-12-18-16-7-3-1-5-14(16)15-6-2-4-8-17(15)18/h1-8,18-20H,9-13H2,(H,25,30)(H,26,27)(H,28,29). The maximum Gasteiger partial charge on any atom is 0.407 e. The SMILES string of the molecule is O=C(NC1COCC1C(=O)NC1(C(=O)O)CC1)OCC1c2ccccc2-c2ccccc21. The third kappa shape index (κ3) is 3.60. The molecular weight excluding hydrogens is 412 g/mol. The van der Waals surface area contributed by atoms with Crippen molar-refractivity contribution in [3.05, 3.63) is 59.7 Å². The van der Waals surface area contributed by atoms with E-state index in [1.807, 2.05) is 36.4 Å². The summed E-state index contributed by atoms with van der Waals surface area (Å²) in [4.78, 5) is 36.5. The molecule has 2 unspecified atom stereocenters. The first kappa shape index (κ1) is 20.5. The van der Waals surface area contributed by atoms with Crippen molar-refractivity contribution in [2.45, 2.75) is 30.3 Å². The zero-order valence-electron chi connectivity index (χ0n) is 17.4. The van der Waals surface area contributed by atoms with Gasteiger partial charge in [-0.2, -0.15) is 0 Å². The predicted octanol–water partition coefficient (Wildman–Crippen LogP) is 2.27. The van der Waals surface area contributed by atoms with Crippen LogP contribution in [0.4, 0.5) is 4.79 Å². The Morgan fingerprint density at radius 2 is 1.62 bits per heavy atom. The Morgan fingerprint density at radius 3 is 2.22 bits per heavy atom. The number of carbonyl (C=O) groups excluding carboxylic acids is 2. The number of carboxylic acid groups (broad SMARTS) is 1. The van der Waals surface area contributed by atoms with Crippen molar-refractivity contribution in [3.63, 3.8) is 0 Å². The van der Waals surface area contributed by atoms with E-state index in [9.17, 15) is 19.5 Å². The van der Waals surface area contributed by atoms with E-state index in [1.54, 1.807) is 0 Å². The van der Waals surface area contributed by atoms with Crippen LogP contribution in [0.5, 0.6) is 0 Å². The van der Waals surface area contributed by atoms with Crippen LogP contribution < -0.4 is 10.6 Å². The van der Waals surface area contributed by atoms with E-state index in [0.29, 0.717) is 12.8 Å². The summed E-state index contributed by atoms with van der Waals surface area (Å²) < 4.78 is 10.9. The molecule has 0 bridgehead atoms. The third-order valence-corrected chi connectivity index (χ3v) is 6.59. The molecular formula is C24H24N2O6. The number of rotatable bonds is 6. The minimum absolute atomic E-state index is 0.0580. The molecule has 8 nitrogen and oxygen atoms in total. The van der Waals surface area contributed by atoms with E-state index in [0.717, 1.165) is 22.3 Å². The Labute approximate surface area is 184 Å². The Balaban J connectivity index is 1.21. The van der Waals surface area contributed by atoms with E-state index in [1.165, 1.54) is 0 Å². The smallest absolute Gasteiger partial charge is 0.407 e. The number of hydrogen-bond acceptors (Lipinski definition) is 5. The summed E-state index contributed by atoms with van der Waals surface area (Å²) in [6, 6.07) is 15.6. The van der Waals surface area contributed by atoms with E-state index in [2.05, 4.69) is 22.8 Å². The zero-order valence-corrected chi connectivity index (χ0v) is 17.4. The maximum atomic E-state index is 12.6. The third-order valence-electron chi connectivity index (χ3n) is 6.59. The number of amides is 2. The van der Waals surface area contributed by atoms with Gasteiger partial charge >= 0.3 is 12.1 Å². The van der Waals surface area contributed by atoms with Gasteiger partial charge in [0.15, 0.2) is 0 Å². The van der Waals surface area contributed by atoms with Gasteiger partial charge < -0.3 is 25.2 Å². The number of hydrogen-bond donors (Lipinski definition) is 3. The number of nitrogens with one attached hydrogen (secondary N) is 2. The first-order valence-electron chi connectivity index (χ1n) is 10.7. The van der Waals surface area contributed by atoms with Crippen molar-refractivity contribution in [1.82, 2.24) is 10.6 Å². The summed E-state index contributed by atoms with van der Waals surface area (Å²) in [7, 11) is 0. The molecule has 2 atom stereocenters. The summed E-state index contributed by atoms with van der Waals surface area (Å²) in [5.41, 5.74) is 3.35. The quantitative estimate of drug-likeness (QED) is 0.640. The first-order chi connectivity index (χ1) is 15.5. The highest BCUT2D eigenvalue weighted by atomic mass is 16.5. The lowest BCUT2D eigenvalue weighted by atomic mass is 9.98. The molecule has 2 aromatic rings. The van der Waals surface area contributed by atoms with Crippen LogP contribution in [0, 0.1) is 5.92 Å². The molecule has 1 heterocycles. The van der Waals surface area contributed by atoms with Gasteiger partial charge in [-0.15, -0.1) is 0 Å². The largest absolute Gasteiger partial charge is 0.480 e. The van der Waals surface area contributed by atoms with Crippen molar-refractivity contribution >= 4 is 18.0 Å². The van der Waals surface area contributed by atoms with E-state index < -0.39 is 35.5 Å².